The van der Waals surface area contributed by atoms with Gasteiger partial charge in [0.2, 0.25) is 0 Å². The molecule has 1 aromatic rings. The van der Waals surface area contributed by atoms with Crippen LogP contribution in [0.3, 0.4) is 0 Å². The van der Waals surface area contributed by atoms with E-state index in [4.69, 9.17) is 0 Å². The molecule has 1 heterocycles. The van der Waals surface area contributed by atoms with Gasteiger partial charge in [0.15, 0.2) is 0 Å². The minimum atomic E-state index is -0.745. The topological polar surface area (TPSA) is 61.4 Å². The van der Waals surface area contributed by atoms with Crippen molar-refractivity contribution in [3.63, 3.8) is 0 Å². The van der Waals surface area contributed by atoms with Crippen LogP contribution in [0.4, 0.5) is 10.5 Å². The zero-order valence-corrected chi connectivity index (χ0v) is 12.6. The fraction of sp³-hybridized carbons (Fsp3) is 0.533. The molecule has 0 aromatic heterocycles. The number of hydrogen-bond acceptors (Lipinski definition) is 3. The quantitative estimate of drug-likeness (QED) is 0.782. The van der Waals surface area contributed by atoms with Gasteiger partial charge >= 0.3 is 6.03 Å². The van der Waals surface area contributed by atoms with Gasteiger partial charge in [-0.3, -0.25) is 0 Å². The van der Waals surface area contributed by atoms with Crippen molar-refractivity contribution in [3.8, 4) is 0 Å². The molecule has 0 aliphatic carbocycles. The second kappa shape index (κ2) is 6.99. The van der Waals surface area contributed by atoms with Crippen LogP contribution in [-0.4, -0.2) is 34.8 Å². The zero-order valence-electron chi connectivity index (χ0n) is 11.8. The molecule has 0 saturated carbocycles. The number of urea groups is 1. The molecule has 0 spiro atoms. The number of nitrogens with one attached hydrogen (secondary N) is 2. The number of carbonyl (C=O) groups is 1. The first-order valence-corrected chi connectivity index (χ1v) is 8.21. The number of thioether (sulfide) groups is 1. The molecular formula is C15H22N2O2S. The molecule has 110 valence electrons. The van der Waals surface area contributed by atoms with Gasteiger partial charge in [0.25, 0.3) is 0 Å². The molecular weight excluding hydrogens is 272 g/mol. The summed E-state index contributed by atoms with van der Waals surface area (Å²) in [4.78, 5) is 11.9. The van der Waals surface area contributed by atoms with E-state index in [2.05, 4.69) is 17.6 Å². The van der Waals surface area contributed by atoms with Crippen LogP contribution in [0.15, 0.2) is 24.3 Å². The maximum absolute atomic E-state index is 11.9. The highest BCUT2D eigenvalue weighted by molar-refractivity contribution is 7.99. The Morgan fingerprint density at radius 2 is 2.25 bits per heavy atom. The molecule has 0 bridgehead atoms. The summed E-state index contributed by atoms with van der Waals surface area (Å²) in [7, 11) is 0. The lowest BCUT2D eigenvalue weighted by atomic mass is 10.0. The van der Waals surface area contributed by atoms with E-state index in [1.54, 1.807) is 11.8 Å². The first-order chi connectivity index (χ1) is 9.63. The number of amides is 2. The summed E-state index contributed by atoms with van der Waals surface area (Å²) < 4.78 is 0. The Morgan fingerprint density at radius 1 is 1.45 bits per heavy atom. The van der Waals surface area contributed by atoms with Crippen molar-refractivity contribution < 1.29 is 9.90 Å². The number of anilines is 1. The van der Waals surface area contributed by atoms with Gasteiger partial charge in [-0.05, 0) is 30.2 Å². The lowest BCUT2D eigenvalue weighted by Gasteiger charge is -2.21. The number of benzene rings is 1. The van der Waals surface area contributed by atoms with Crippen molar-refractivity contribution in [2.75, 3.05) is 23.4 Å². The van der Waals surface area contributed by atoms with Crippen LogP contribution < -0.4 is 10.6 Å². The molecule has 2 rings (SSSR count). The highest BCUT2D eigenvalue weighted by atomic mass is 32.2. The maximum atomic E-state index is 11.9. The highest BCUT2D eigenvalue weighted by Crippen LogP contribution is 2.27. The summed E-state index contributed by atoms with van der Waals surface area (Å²) in [6, 6.07) is 7.58. The van der Waals surface area contributed by atoms with Gasteiger partial charge in [-0.25, -0.2) is 4.79 Å². The van der Waals surface area contributed by atoms with Crippen LogP contribution in [0.5, 0.6) is 0 Å². The smallest absolute Gasteiger partial charge is 0.319 e. The van der Waals surface area contributed by atoms with Crippen molar-refractivity contribution >= 4 is 23.5 Å². The fourth-order valence-electron chi connectivity index (χ4n) is 2.28. The Hall–Kier alpha value is -1.20. The molecule has 1 aliphatic rings. The minimum absolute atomic E-state index is 0.251. The Kier molecular flexibility index (Phi) is 5.31. The number of aryl methyl sites for hydroxylation is 1. The third-order valence-corrected chi connectivity index (χ3v) is 4.68. The van der Waals surface area contributed by atoms with Crippen LogP contribution in [0, 0.1) is 0 Å². The average Bonchev–Trinajstić information content (AvgIpc) is 2.87. The second-order valence-corrected chi connectivity index (χ2v) is 6.35. The average molecular weight is 294 g/mol. The van der Waals surface area contributed by atoms with Crippen LogP contribution in [0.25, 0.3) is 0 Å². The van der Waals surface area contributed by atoms with Gasteiger partial charge in [0, 0.05) is 18.0 Å². The predicted molar refractivity (Wildman–Crippen MR) is 84.4 cm³/mol. The molecule has 1 fully saturated rings. The number of hydrogen-bond donors (Lipinski definition) is 3. The SMILES string of the molecule is CCCc1ccccc1NC(=O)NCC1(O)CCSC1. The van der Waals surface area contributed by atoms with E-state index in [9.17, 15) is 9.90 Å². The maximum Gasteiger partial charge on any atom is 0.319 e. The molecule has 1 unspecified atom stereocenters. The first-order valence-electron chi connectivity index (χ1n) is 7.06. The van der Waals surface area contributed by atoms with Gasteiger partial charge in [-0.1, -0.05) is 31.5 Å². The van der Waals surface area contributed by atoms with Crippen molar-refractivity contribution in [2.45, 2.75) is 31.8 Å². The second-order valence-electron chi connectivity index (χ2n) is 5.24. The van der Waals surface area contributed by atoms with Gasteiger partial charge in [-0.2, -0.15) is 11.8 Å². The van der Waals surface area contributed by atoms with Crippen molar-refractivity contribution in [1.82, 2.24) is 5.32 Å². The number of aliphatic hydroxyl groups is 1. The minimum Gasteiger partial charge on any atom is -0.387 e. The molecule has 4 nitrogen and oxygen atoms in total. The summed E-state index contributed by atoms with van der Waals surface area (Å²) in [6.07, 6.45) is 2.72. The molecule has 1 aliphatic heterocycles. The summed E-state index contributed by atoms with van der Waals surface area (Å²) in [5, 5.41) is 15.8. The van der Waals surface area contributed by atoms with Crippen molar-refractivity contribution in [3.05, 3.63) is 29.8 Å². The summed E-state index contributed by atoms with van der Waals surface area (Å²) in [5.41, 5.74) is 1.24. The van der Waals surface area contributed by atoms with E-state index >= 15 is 0 Å². The highest BCUT2D eigenvalue weighted by Gasteiger charge is 2.31. The van der Waals surface area contributed by atoms with Gasteiger partial charge < -0.3 is 15.7 Å². The summed E-state index contributed by atoms with van der Waals surface area (Å²) in [6.45, 7) is 2.42. The number of para-hydroxylation sites is 1. The Balaban J connectivity index is 1.88. The monoisotopic (exact) mass is 294 g/mol. The van der Waals surface area contributed by atoms with Gasteiger partial charge in [0.1, 0.15) is 0 Å². The van der Waals surface area contributed by atoms with Crippen LogP contribution in [0.2, 0.25) is 0 Å². The number of rotatable bonds is 5. The lowest BCUT2D eigenvalue weighted by molar-refractivity contribution is 0.0706. The molecule has 20 heavy (non-hydrogen) atoms. The van der Waals surface area contributed by atoms with Crippen LogP contribution in [-0.2, 0) is 6.42 Å². The van der Waals surface area contributed by atoms with E-state index in [-0.39, 0.29) is 6.03 Å². The molecule has 5 heteroatoms. The summed E-state index contributed by atoms with van der Waals surface area (Å²) in [5.74, 6) is 1.65. The van der Waals surface area contributed by atoms with E-state index in [0.717, 1.165) is 36.3 Å². The third kappa shape index (κ3) is 4.15. The van der Waals surface area contributed by atoms with Crippen molar-refractivity contribution in [2.24, 2.45) is 0 Å². The largest absolute Gasteiger partial charge is 0.387 e. The predicted octanol–water partition coefficient (Wildman–Crippen LogP) is 2.63. The number of carbonyl (C=O) groups excluding carboxylic acids is 1. The Bertz CT molecular complexity index is 459. The molecule has 2 amide bonds. The standard InChI is InChI=1S/C15H22N2O2S/c1-2-5-12-6-3-4-7-13(12)17-14(18)16-10-15(19)8-9-20-11-15/h3-4,6-7,19H,2,5,8-11H2,1H3,(H2,16,17,18). The lowest BCUT2D eigenvalue weighted by Crippen LogP contribution is -2.44. The zero-order chi connectivity index (χ0) is 14.4. The van der Waals surface area contributed by atoms with E-state index in [1.807, 2.05) is 24.3 Å². The van der Waals surface area contributed by atoms with Crippen LogP contribution in [0.1, 0.15) is 25.3 Å². The first kappa shape index (κ1) is 15.2. The van der Waals surface area contributed by atoms with Gasteiger partial charge in [-0.15, -0.1) is 0 Å². The molecule has 0 radical (unpaired) electrons. The van der Waals surface area contributed by atoms with Crippen molar-refractivity contribution in [1.29, 1.82) is 0 Å². The van der Waals surface area contributed by atoms with E-state index < -0.39 is 5.60 Å². The molecule has 3 N–H and O–H groups in total. The van der Waals surface area contributed by atoms with Crippen LogP contribution >= 0.6 is 11.8 Å². The van der Waals surface area contributed by atoms with Gasteiger partial charge in [0.05, 0.1) is 5.60 Å². The molecule has 1 saturated heterocycles. The molecule has 1 aromatic carbocycles. The summed E-state index contributed by atoms with van der Waals surface area (Å²) >= 11 is 1.72. The Morgan fingerprint density at radius 3 is 2.95 bits per heavy atom. The van der Waals surface area contributed by atoms with E-state index in [1.165, 1.54) is 0 Å². The molecule has 1 atom stereocenters. The normalized spacial score (nSPS) is 21.7. The Labute approximate surface area is 124 Å². The van der Waals surface area contributed by atoms with E-state index in [0.29, 0.717) is 12.3 Å². The fourth-order valence-corrected chi connectivity index (χ4v) is 3.57. The third-order valence-electron chi connectivity index (χ3n) is 3.45.